The highest BCUT2D eigenvalue weighted by Gasteiger charge is 2.35. The van der Waals surface area contributed by atoms with Crippen molar-refractivity contribution < 1.29 is 14.3 Å². The van der Waals surface area contributed by atoms with Gasteiger partial charge in [-0.3, -0.25) is 0 Å². The highest BCUT2D eigenvalue weighted by molar-refractivity contribution is 5.89. The van der Waals surface area contributed by atoms with E-state index in [1.54, 1.807) is 0 Å². The maximum Gasteiger partial charge on any atom is 0.337 e. The van der Waals surface area contributed by atoms with Crippen LogP contribution in [-0.2, 0) is 9.47 Å². The van der Waals surface area contributed by atoms with Crippen LogP contribution < -0.4 is 0 Å². The number of rotatable bonds is 3. The van der Waals surface area contributed by atoms with Gasteiger partial charge in [-0.15, -0.1) is 0 Å². The van der Waals surface area contributed by atoms with E-state index in [2.05, 4.69) is 32.9 Å². The van der Waals surface area contributed by atoms with Gasteiger partial charge in [-0.1, -0.05) is 37.6 Å². The maximum absolute atomic E-state index is 11.5. The fraction of sp³-hybridized carbons (Fsp3) is 0.409. The number of carbonyl (C=O) groups excluding carboxylic acids is 1. The molecule has 1 aromatic rings. The van der Waals surface area contributed by atoms with Crippen molar-refractivity contribution in [1.29, 1.82) is 0 Å². The minimum atomic E-state index is -0.302. The van der Waals surface area contributed by atoms with Crippen LogP contribution in [-0.4, -0.2) is 19.7 Å². The van der Waals surface area contributed by atoms with Gasteiger partial charge in [0.15, 0.2) is 0 Å². The van der Waals surface area contributed by atoms with E-state index in [1.165, 1.54) is 30.2 Å². The summed E-state index contributed by atoms with van der Waals surface area (Å²) in [6.07, 6.45) is 8.50. The molecule has 0 saturated carbocycles. The van der Waals surface area contributed by atoms with Crippen molar-refractivity contribution in [2.45, 2.75) is 33.6 Å². The largest absolute Gasteiger partial charge is 0.497 e. The summed E-state index contributed by atoms with van der Waals surface area (Å²) < 4.78 is 10.3. The number of methoxy groups -OCH3 is 1. The standard InChI is InChI=1S/C22H26O3/c1-15(13-16-5-7-17(8-6-16)21(23)24-4)18-9-11-22(2,3)20-14-25-12-10-19(18)20/h5-8,10,12-13,18H,9,11,14H2,1-4H3. The van der Waals surface area contributed by atoms with Gasteiger partial charge in [0.25, 0.3) is 0 Å². The van der Waals surface area contributed by atoms with E-state index >= 15 is 0 Å². The SMILES string of the molecule is COC(=O)c1ccc(C=C(C)C2CCC(C)(C)C3=C2C=COC3)cc1. The fourth-order valence-electron chi connectivity index (χ4n) is 3.83. The van der Waals surface area contributed by atoms with Gasteiger partial charge in [-0.25, -0.2) is 4.79 Å². The number of allylic oxidation sites excluding steroid dienone is 3. The monoisotopic (exact) mass is 338 g/mol. The summed E-state index contributed by atoms with van der Waals surface area (Å²) in [5, 5.41) is 0. The van der Waals surface area contributed by atoms with Crippen molar-refractivity contribution in [1.82, 2.24) is 0 Å². The first-order valence-electron chi connectivity index (χ1n) is 8.80. The summed E-state index contributed by atoms with van der Waals surface area (Å²) in [7, 11) is 1.40. The molecule has 3 nitrogen and oxygen atoms in total. The number of esters is 1. The highest BCUT2D eigenvalue weighted by Crippen LogP contribution is 2.46. The molecule has 0 N–H and O–H groups in total. The van der Waals surface area contributed by atoms with E-state index < -0.39 is 0 Å². The molecule has 1 aliphatic carbocycles. The third kappa shape index (κ3) is 3.55. The Hall–Kier alpha value is -2.29. The third-order valence-corrected chi connectivity index (χ3v) is 5.45. The van der Waals surface area contributed by atoms with Crippen LogP contribution in [0.3, 0.4) is 0 Å². The topological polar surface area (TPSA) is 35.5 Å². The molecule has 0 fully saturated rings. The highest BCUT2D eigenvalue weighted by atomic mass is 16.5. The molecular formula is C22H26O3. The molecule has 2 aliphatic rings. The summed E-state index contributed by atoms with van der Waals surface area (Å²) in [5.41, 5.74) is 6.09. The lowest BCUT2D eigenvalue weighted by Crippen LogP contribution is -2.29. The van der Waals surface area contributed by atoms with Crippen LogP contribution in [0.2, 0.25) is 0 Å². The van der Waals surface area contributed by atoms with Crippen molar-refractivity contribution in [2.24, 2.45) is 11.3 Å². The first-order valence-corrected chi connectivity index (χ1v) is 8.80. The average molecular weight is 338 g/mol. The summed E-state index contributed by atoms with van der Waals surface area (Å²) in [6, 6.07) is 7.57. The van der Waals surface area contributed by atoms with Crippen LogP contribution >= 0.6 is 0 Å². The molecule has 1 unspecified atom stereocenters. The van der Waals surface area contributed by atoms with Gasteiger partial charge in [0.2, 0.25) is 0 Å². The molecule has 1 atom stereocenters. The predicted molar refractivity (Wildman–Crippen MR) is 100 cm³/mol. The molecule has 0 spiro atoms. The predicted octanol–water partition coefficient (Wildman–Crippen LogP) is 5.15. The van der Waals surface area contributed by atoms with Crippen LogP contribution in [0.4, 0.5) is 0 Å². The molecule has 0 amide bonds. The Bertz CT molecular complexity index is 748. The average Bonchev–Trinajstić information content (AvgIpc) is 2.62. The molecule has 1 aliphatic heterocycles. The second-order valence-electron chi connectivity index (χ2n) is 7.52. The molecule has 0 radical (unpaired) electrons. The van der Waals surface area contributed by atoms with Gasteiger partial charge in [-0.05, 0) is 60.1 Å². The zero-order valence-electron chi connectivity index (χ0n) is 15.5. The van der Waals surface area contributed by atoms with E-state index in [0.29, 0.717) is 18.1 Å². The van der Waals surface area contributed by atoms with Crippen LogP contribution in [0.1, 0.15) is 49.5 Å². The maximum atomic E-state index is 11.5. The van der Waals surface area contributed by atoms with Crippen LogP contribution in [0, 0.1) is 11.3 Å². The van der Waals surface area contributed by atoms with Crippen LogP contribution in [0.15, 0.2) is 53.3 Å². The fourth-order valence-corrected chi connectivity index (χ4v) is 3.83. The van der Waals surface area contributed by atoms with E-state index in [-0.39, 0.29) is 11.4 Å². The van der Waals surface area contributed by atoms with Crippen molar-refractivity contribution in [3.05, 3.63) is 64.4 Å². The van der Waals surface area contributed by atoms with Gasteiger partial charge < -0.3 is 9.47 Å². The second-order valence-corrected chi connectivity index (χ2v) is 7.52. The van der Waals surface area contributed by atoms with Crippen LogP contribution in [0.25, 0.3) is 6.08 Å². The summed E-state index contributed by atoms with van der Waals surface area (Å²) in [5.74, 6) is 0.132. The smallest absolute Gasteiger partial charge is 0.337 e. The molecule has 0 bridgehead atoms. The molecule has 132 valence electrons. The molecular weight excluding hydrogens is 312 g/mol. The summed E-state index contributed by atoms with van der Waals surface area (Å²) >= 11 is 0. The number of hydrogen-bond donors (Lipinski definition) is 0. The number of ether oxygens (including phenoxy) is 2. The zero-order chi connectivity index (χ0) is 18.0. The van der Waals surface area contributed by atoms with E-state index in [1.807, 2.05) is 30.5 Å². The lowest BCUT2D eigenvalue weighted by atomic mass is 9.66. The Labute approximate surface area is 150 Å². The Kier molecular flexibility index (Phi) is 4.85. The second kappa shape index (κ2) is 6.91. The minimum absolute atomic E-state index is 0.207. The molecule has 1 aromatic carbocycles. The summed E-state index contributed by atoms with van der Waals surface area (Å²) in [6.45, 7) is 7.53. The lowest BCUT2D eigenvalue weighted by Gasteiger charge is -2.40. The Morgan fingerprint density at radius 2 is 2.00 bits per heavy atom. The van der Waals surface area contributed by atoms with E-state index in [9.17, 15) is 4.79 Å². The van der Waals surface area contributed by atoms with Crippen molar-refractivity contribution in [2.75, 3.05) is 13.7 Å². The van der Waals surface area contributed by atoms with Crippen LogP contribution in [0.5, 0.6) is 0 Å². The molecule has 25 heavy (non-hydrogen) atoms. The van der Waals surface area contributed by atoms with Gasteiger partial charge in [0, 0.05) is 5.92 Å². The lowest BCUT2D eigenvalue weighted by molar-refractivity contribution is 0.0600. The first kappa shape index (κ1) is 17.5. The molecule has 3 rings (SSSR count). The van der Waals surface area contributed by atoms with E-state index in [4.69, 9.17) is 9.47 Å². The molecule has 0 saturated heterocycles. The number of hydrogen-bond acceptors (Lipinski definition) is 3. The summed E-state index contributed by atoms with van der Waals surface area (Å²) in [4.78, 5) is 11.5. The third-order valence-electron chi connectivity index (χ3n) is 5.45. The van der Waals surface area contributed by atoms with Crippen molar-refractivity contribution >= 4 is 12.0 Å². The number of carbonyl (C=O) groups is 1. The Morgan fingerprint density at radius 1 is 1.28 bits per heavy atom. The molecule has 0 aromatic heterocycles. The van der Waals surface area contributed by atoms with Gasteiger partial charge in [0.1, 0.15) is 6.61 Å². The Balaban J connectivity index is 1.87. The van der Waals surface area contributed by atoms with Gasteiger partial charge in [0.05, 0.1) is 18.9 Å². The Morgan fingerprint density at radius 3 is 2.68 bits per heavy atom. The normalized spacial score (nSPS) is 22.2. The first-order chi connectivity index (χ1) is 11.9. The van der Waals surface area contributed by atoms with Crippen molar-refractivity contribution in [3.63, 3.8) is 0 Å². The molecule has 1 heterocycles. The van der Waals surface area contributed by atoms with Gasteiger partial charge >= 0.3 is 5.97 Å². The van der Waals surface area contributed by atoms with E-state index in [0.717, 1.165) is 12.0 Å². The number of benzene rings is 1. The quantitative estimate of drug-likeness (QED) is 0.715. The molecule has 3 heteroatoms. The van der Waals surface area contributed by atoms with Crippen molar-refractivity contribution in [3.8, 4) is 0 Å². The van der Waals surface area contributed by atoms with Gasteiger partial charge in [-0.2, -0.15) is 0 Å². The minimum Gasteiger partial charge on any atom is -0.497 e. The zero-order valence-corrected chi connectivity index (χ0v) is 15.5.